The summed E-state index contributed by atoms with van der Waals surface area (Å²) in [5.41, 5.74) is 9.38. The predicted molar refractivity (Wildman–Crippen MR) is 191 cm³/mol. The van der Waals surface area contributed by atoms with Gasteiger partial charge in [-0.1, -0.05) is 69.3 Å². The molecule has 6 heteroatoms. The Morgan fingerprint density at radius 2 is 1.43 bits per heavy atom. The molecule has 0 aliphatic carbocycles. The number of para-hydroxylation sites is 1. The summed E-state index contributed by atoms with van der Waals surface area (Å²) in [5, 5.41) is 6.90. The van der Waals surface area contributed by atoms with E-state index in [0.717, 1.165) is 61.4 Å². The lowest BCUT2D eigenvalue weighted by Crippen LogP contribution is -2.11. The Morgan fingerprint density at radius 3 is 2.28 bits per heavy atom. The van der Waals surface area contributed by atoms with Crippen LogP contribution in [0.1, 0.15) is 26.3 Å². The van der Waals surface area contributed by atoms with Crippen molar-refractivity contribution in [1.82, 2.24) is 23.8 Å². The molecule has 0 radical (unpaired) electrons. The average molecular weight is 608 g/mol. The Kier molecular flexibility index (Phi) is 5.17. The van der Waals surface area contributed by atoms with E-state index in [1.807, 2.05) is 42.7 Å². The van der Waals surface area contributed by atoms with E-state index in [-0.39, 0.29) is 5.41 Å². The molecule has 0 atom stereocenters. The number of nitrogens with zero attached hydrogens (tertiary/aromatic N) is 5. The molecule has 10 aromatic rings. The van der Waals surface area contributed by atoms with Crippen LogP contribution in [0.5, 0.6) is 11.5 Å². The van der Waals surface area contributed by atoms with Crippen LogP contribution < -0.4 is 4.74 Å². The van der Waals surface area contributed by atoms with Gasteiger partial charge in [0.05, 0.1) is 27.8 Å². The lowest BCUT2D eigenvalue weighted by Gasteiger charge is -2.20. The van der Waals surface area contributed by atoms with Gasteiger partial charge in [-0.25, -0.2) is 9.97 Å². The van der Waals surface area contributed by atoms with Crippen molar-refractivity contribution in [2.24, 2.45) is 0 Å². The van der Waals surface area contributed by atoms with E-state index >= 15 is 0 Å². The summed E-state index contributed by atoms with van der Waals surface area (Å²) in [6.07, 6.45) is 5.88. The quantitative estimate of drug-likeness (QED) is 0.188. The highest BCUT2D eigenvalue weighted by Gasteiger charge is 2.24. The second-order valence-corrected chi connectivity index (χ2v) is 13.4. The molecule has 0 unspecified atom stereocenters. The number of fused-ring (bicyclic) bond motifs is 12. The molecule has 0 spiro atoms. The molecule has 0 saturated heterocycles. The summed E-state index contributed by atoms with van der Waals surface area (Å²) in [7, 11) is 0. The van der Waals surface area contributed by atoms with Crippen molar-refractivity contribution in [1.29, 1.82) is 0 Å². The van der Waals surface area contributed by atoms with Crippen molar-refractivity contribution in [3.05, 3.63) is 127 Å². The van der Waals surface area contributed by atoms with E-state index in [1.165, 1.54) is 32.6 Å². The molecule has 6 nitrogen and oxygen atoms in total. The van der Waals surface area contributed by atoms with Gasteiger partial charge < -0.3 is 4.74 Å². The largest absolute Gasteiger partial charge is 0.457 e. The predicted octanol–water partition coefficient (Wildman–Crippen LogP) is 10.3. The fourth-order valence-corrected chi connectivity index (χ4v) is 7.46. The molecule has 10 rings (SSSR count). The Morgan fingerprint density at radius 1 is 0.617 bits per heavy atom. The van der Waals surface area contributed by atoms with E-state index in [4.69, 9.17) is 19.7 Å². The van der Waals surface area contributed by atoms with Crippen LogP contribution in [0.3, 0.4) is 0 Å². The maximum atomic E-state index is 6.63. The van der Waals surface area contributed by atoms with Crippen molar-refractivity contribution in [3.63, 3.8) is 0 Å². The molecular formula is C41H29N5O. The number of imidazole rings is 1. The van der Waals surface area contributed by atoms with E-state index < -0.39 is 0 Å². The lowest BCUT2D eigenvalue weighted by molar-refractivity contribution is 0.484. The van der Waals surface area contributed by atoms with Crippen molar-refractivity contribution in [3.8, 4) is 22.8 Å². The van der Waals surface area contributed by atoms with Crippen molar-refractivity contribution in [2.45, 2.75) is 26.2 Å². The minimum Gasteiger partial charge on any atom is -0.457 e. The first-order valence-electron chi connectivity index (χ1n) is 15.9. The highest BCUT2D eigenvalue weighted by Crippen LogP contribution is 2.43. The molecule has 0 amide bonds. The summed E-state index contributed by atoms with van der Waals surface area (Å²) in [4.78, 5) is 14.8. The molecule has 0 aliphatic rings. The average Bonchev–Trinajstić information content (AvgIpc) is 3.78. The SMILES string of the molecule is CC(C)(C)c1ccnc2c1c1cccc3c4ccc(Oc5ccc6c(c5)c5nc(-c7ccccc7)cn5c5cccnc65)cc4n2c31. The minimum atomic E-state index is -0.0116. The number of ether oxygens (including phenoxy) is 1. The number of hydrogen-bond donors (Lipinski definition) is 0. The summed E-state index contributed by atoms with van der Waals surface area (Å²) >= 11 is 0. The first-order chi connectivity index (χ1) is 22.9. The van der Waals surface area contributed by atoms with Gasteiger partial charge in [-0.15, -0.1) is 0 Å². The third-order valence-corrected chi connectivity index (χ3v) is 9.52. The maximum Gasteiger partial charge on any atom is 0.146 e. The number of hydrogen-bond acceptors (Lipinski definition) is 4. The molecule has 0 fully saturated rings. The Labute approximate surface area is 269 Å². The van der Waals surface area contributed by atoms with Crippen molar-refractivity contribution < 1.29 is 4.74 Å². The van der Waals surface area contributed by atoms with E-state index in [0.29, 0.717) is 0 Å². The zero-order chi connectivity index (χ0) is 31.4. The molecule has 0 saturated carbocycles. The number of pyridine rings is 3. The van der Waals surface area contributed by atoms with Gasteiger partial charge in [-0.3, -0.25) is 13.8 Å². The van der Waals surface area contributed by atoms with Crippen LogP contribution in [0, 0.1) is 0 Å². The van der Waals surface area contributed by atoms with Gasteiger partial charge in [0, 0.05) is 62.5 Å². The normalized spacial score (nSPS) is 12.6. The monoisotopic (exact) mass is 607 g/mol. The van der Waals surface area contributed by atoms with E-state index in [9.17, 15) is 0 Å². The molecule has 224 valence electrons. The van der Waals surface area contributed by atoms with Gasteiger partial charge in [0.25, 0.3) is 0 Å². The minimum absolute atomic E-state index is 0.0116. The van der Waals surface area contributed by atoms with Crippen molar-refractivity contribution >= 4 is 65.7 Å². The van der Waals surface area contributed by atoms with Gasteiger partial charge in [-0.2, -0.15) is 0 Å². The summed E-state index contributed by atoms with van der Waals surface area (Å²) in [5.74, 6) is 1.51. The topological polar surface area (TPSA) is 56.7 Å². The molecule has 0 aliphatic heterocycles. The number of benzene rings is 4. The summed E-state index contributed by atoms with van der Waals surface area (Å²) in [6.45, 7) is 6.80. The van der Waals surface area contributed by atoms with E-state index in [2.05, 4.69) is 109 Å². The molecule has 6 aromatic heterocycles. The van der Waals surface area contributed by atoms with Crippen LogP contribution in [0.4, 0.5) is 0 Å². The summed E-state index contributed by atoms with van der Waals surface area (Å²) < 4.78 is 11.1. The van der Waals surface area contributed by atoms with Crippen molar-refractivity contribution in [2.75, 3.05) is 0 Å². The lowest BCUT2D eigenvalue weighted by atomic mass is 9.85. The number of aromatic nitrogens is 5. The van der Waals surface area contributed by atoms with Crippen LogP contribution >= 0.6 is 0 Å². The zero-order valence-electron chi connectivity index (χ0n) is 26.2. The molecule has 47 heavy (non-hydrogen) atoms. The molecule has 6 heterocycles. The molecular weight excluding hydrogens is 578 g/mol. The molecule has 0 bridgehead atoms. The highest BCUT2D eigenvalue weighted by molar-refractivity contribution is 6.23. The Bertz CT molecular complexity index is 2860. The standard InChI is InChI=1S/C41H29N5O/c1-41(2,3)32-18-20-43-40-36(32)30-12-7-11-29-27-16-14-26(22-35(27)46(40)38(29)30)47-25-15-17-28-31(21-25)39-44-33(24-9-5-4-6-10-24)23-45(39)34-13-8-19-42-37(28)34/h4-23H,1-3H3. The third kappa shape index (κ3) is 3.69. The second kappa shape index (κ2) is 9.27. The fourth-order valence-electron chi connectivity index (χ4n) is 7.46. The fraction of sp³-hybridized carbons (Fsp3) is 0.0976. The van der Waals surface area contributed by atoms with Gasteiger partial charge in [-0.05, 0) is 59.5 Å². The number of rotatable bonds is 3. The maximum absolute atomic E-state index is 6.63. The first kappa shape index (κ1) is 26.2. The van der Waals surface area contributed by atoms with Crippen LogP contribution in [0.15, 0.2) is 122 Å². The van der Waals surface area contributed by atoms with Gasteiger partial charge in [0.15, 0.2) is 0 Å². The van der Waals surface area contributed by atoms with Crippen LogP contribution in [-0.2, 0) is 5.41 Å². The highest BCUT2D eigenvalue weighted by atomic mass is 16.5. The van der Waals surface area contributed by atoms with Crippen LogP contribution in [-0.4, -0.2) is 23.8 Å². The smallest absolute Gasteiger partial charge is 0.146 e. The van der Waals surface area contributed by atoms with Gasteiger partial charge in [0.2, 0.25) is 0 Å². The Balaban J connectivity index is 1.16. The van der Waals surface area contributed by atoms with Gasteiger partial charge in [0.1, 0.15) is 22.8 Å². The molecule has 0 N–H and O–H groups in total. The molecule has 4 aromatic carbocycles. The summed E-state index contributed by atoms with van der Waals surface area (Å²) in [6, 6.07) is 35.7. The van der Waals surface area contributed by atoms with Crippen LogP contribution in [0.25, 0.3) is 76.9 Å². The zero-order valence-corrected chi connectivity index (χ0v) is 26.2. The van der Waals surface area contributed by atoms with Gasteiger partial charge >= 0.3 is 0 Å². The Hall–Kier alpha value is -6.01. The first-order valence-corrected chi connectivity index (χ1v) is 15.9. The van der Waals surface area contributed by atoms with Crippen LogP contribution in [0.2, 0.25) is 0 Å². The second-order valence-electron chi connectivity index (χ2n) is 13.4. The van der Waals surface area contributed by atoms with E-state index in [1.54, 1.807) is 0 Å². The third-order valence-electron chi connectivity index (χ3n) is 9.52.